The van der Waals surface area contributed by atoms with Crippen molar-refractivity contribution >= 4 is 0 Å². The van der Waals surface area contributed by atoms with Gasteiger partial charge in [0.2, 0.25) is 0 Å². The maximum atomic E-state index is 11.2. The molecular formula is C35H59NO3. The molecule has 0 radical (unpaired) electrons. The van der Waals surface area contributed by atoms with Gasteiger partial charge in [0.1, 0.15) is 0 Å². The highest BCUT2D eigenvalue weighted by Crippen LogP contribution is 2.70. The zero-order chi connectivity index (χ0) is 27.6. The normalized spacial score (nSPS) is 48.6. The lowest BCUT2D eigenvalue weighted by molar-refractivity contribution is -0.0649. The number of nitrogens with one attached hydrogen (secondary N) is 1. The number of allylic oxidation sites excluding steroid dienone is 1. The van der Waals surface area contributed by atoms with Crippen LogP contribution in [0.1, 0.15) is 124 Å². The van der Waals surface area contributed by atoms with E-state index < -0.39 is 5.60 Å². The molecule has 3 N–H and O–H groups in total. The molecule has 222 valence electrons. The molecule has 4 nitrogen and oxygen atoms in total. The van der Waals surface area contributed by atoms with E-state index in [2.05, 4.69) is 33.0 Å². The van der Waals surface area contributed by atoms with Crippen molar-refractivity contribution in [2.75, 3.05) is 13.1 Å². The van der Waals surface area contributed by atoms with Crippen LogP contribution in [0.2, 0.25) is 0 Å². The molecular weight excluding hydrogens is 482 g/mol. The minimum Gasteiger partial charge on any atom is -0.393 e. The van der Waals surface area contributed by atoms with Crippen LogP contribution in [-0.4, -0.2) is 46.7 Å². The van der Waals surface area contributed by atoms with Crippen molar-refractivity contribution in [3.05, 3.63) is 12.2 Å². The highest BCUT2D eigenvalue weighted by molar-refractivity contribution is 5.25. The highest BCUT2D eigenvalue weighted by atomic mass is 16.6. The monoisotopic (exact) mass is 541 g/mol. The van der Waals surface area contributed by atoms with Gasteiger partial charge in [-0.15, -0.1) is 0 Å². The molecule has 6 rings (SSSR count). The molecule has 1 saturated heterocycles. The summed E-state index contributed by atoms with van der Waals surface area (Å²) in [6.07, 6.45) is 16.7. The number of hydrogen-bond acceptors (Lipinski definition) is 4. The minimum atomic E-state index is -0.649. The number of epoxide rings is 1. The molecule has 1 aliphatic heterocycles. The van der Waals surface area contributed by atoms with Crippen molar-refractivity contribution in [2.45, 2.75) is 147 Å². The van der Waals surface area contributed by atoms with Crippen molar-refractivity contribution < 1.29 is 14.9 Å². The lowest BCUT2D eigenvalue weighted by Crippen LogP contribution is -2.51. The average molecular weight is 542 g/mol. The van der Waals surface area contributed by atoms with Gasteiger partial charge in [0.25, 0.3) is 0 Å². The van der Waals surface area contributed by atoms with E-state index in [0.717, 1.165) is 68.9 Å². The van der Waals surface area contributed by atoms with E-state index in [1.807, 2.05) is 0 Å². The quantitative estimate of drug-likeness (QED) is 0.175. The van der Waals surface area contributed by atoms with Crippen LogP contribution in [0.4, 0.5) is 0 Å². The van der Waals surface area contributed by atoms with E-state index in [4.69, 9.17) is 11.3 Å². The van der Waals surface area contributed by atoms with Gasteiger partial charge in [-0.3, -0.25) is 0 Å². The maximum absolute atomic E-state index is 11.2. The molecule has 39 heavy (non-hydrogen) atoms. The Morgan fingerprint density at radius 1 is 1.05 bits per heavy atom. The predicted molar refractivity (Wildman–Crippen MR) is 158 cm³/mol. The number of ether oxygens (including phenoxy) is 1. The minimum absolute atomic E-state index is 0.106. The molecule has 5 saturated carbocycles. The molecule has 0 aromatic rings. The second-order valence-corrected chi connectivity index (χ2v) is 16.9. The van der Waals surface area contributed by atoms with Crippen molar-refractivity contribution in [1.29, 1.82) is 0 Å². The first kappa shape index (κ1) is 28.7. The van der Waals surface area contributed by atoms with Crippen LogP contribution in [0.5, 0.6) is 0 Å². The van der Waals surface area contributed by atoms with Gasteiger partial charge in [-0.1, -0.05) is 39.8 Å². The molecule has 2 bridgehead atoms. The van der Waals surface area contributed by atoms with Crippen LogP contribution >= 0.6 is 0 Å². The van der Waals surface area contributed by atoms with E-state index in [1.54, 1.807) is 5.57 Å². The SMILES string of the molecule is C=C1CC2(CCC(CCC3(O)CCCC(O)C3)C2)C2OC23CC(CNCCC(C)C)CC(C3)C2C1CC2(C)C. The molecule has 4 heteroatoms. The van der Waals surface area contributed by atoms with E-state index >= 15 is 0 Å². The summed E-state index contributed by atoms with van der Waals surface area (Å²) >= 11 is 0. The van der Waals surface area contributed by atoms with Crippen LogP contribution in [0.15, 0.2) is 12.2 Å². The van der Waals surface area contributed by atoms with Crippen molar-refractivity contribution in [1.82, 2.24) is 5.32 Å². The third kappa shape index (κ3) is 5.55. The molecule has 1 heterocycles. The molecule has 0 amide bonds. The summed E-state index contributed by atoms with van der Waals surface area (Å²) in [6.45, 7) is 16.8. The largest absolute Gasteiger partial charge is 0.393 e. The Balaban J connectivity index is 1.18. The molecule has 6 aliphatic rings. The number of hydrogen-bond donors (Lipinski definition) is 3. The number of rotatable bonds is 8. The van der Waals surface area contributed by atoms with Gasteiger partial charge in [0, 0.05) is 11.8 Å². The second-order valence-electron chi connectivity index (χ2n) is 16.9. The first-order valence-corrected chi connectivity index (χ1v) is 16.9. The molecule has 10 unspecified atom stereocenters. The van der Waals surface area contributed by atoms with E-state index in [-0.39, 0.29) is 17.1 Å². The Morgan fingerprint density at radius 3 is 2.62 bits per heavy atom. The zero-order valence-electron chi connectivity index (χ0n) is 25.6. The van der Waals surface area contributed by atoms with Crippen molar-refractivity contribution in [2.24, 2.45) is 46.3 Å². The standard InChI is InChI=1S/C35H59NO3/c1-23(2)10-14-36-22-26-15-27-19-35(18-26)31(39-35)33(16-24(3)29-21-32(4,5)30(27)29)12-8-25(17-33)9-13-34(38)11-6-7-28(37)20-34/h23,25-31,36-38H,3,6-22H2,1-2,4-5H3. The van der Waals surface area contributed by atoms with Crippen molar-refractivity contribution in [3.63, 3.8) is 0 Å². The maximum Gasteiger partial charge on any atom is 0.0960 e. The van der Waals surface area contributed by atoms with Gasteiger partial charge in [-0.25, -0.2) is 0 Å². The number of fused-ring (bicyclic) bond motifs is 4. The zero-order valence-corrected chi connectivity index (χ0v) is 25.6. The van der Waals surface area contributed by atoms with Crippen molar-refractivity contribution in [3.8, 4) is 0 Å². The first-order chi connectivity index (χ1) is 18.4. The topological polar surface area (TPSA) is 65.0 Å². The third-order valence-electron chi connectivity index (χ3n) is 12.8. The number of aliphatic hydroxyl groups excluding tert-OH is 1. The fraction of sp³-hybridized carbons (Fsp3) is 0.943. The molecule has 2 spiro atoms. The van der Waals surface area contributed by atoms with Gasteiger partial charge in [0.05, 0.1) is 23.4 Å². The van der Waals surface area contributed by atoms with E-state index in [1.165, 1.54) is 57.8 Å². The summed E-state index contributed by atoms with van der Waals surface area (Å²) in [6, 6.07) is 0. The van der Waals surface area contributed by atoms with Gasteiger partial charge in [0.15, 0.2) is 0 Å². The Bertz CT molecular complexity index is 916. The van der Waals surface area contributed by atoms with E-state index in [9.17, 15) is 10.2 Å². The van der Waals surface area contributed by atoms with Crippen LogP contribution in [0.25, 0.3) is 0 Å². The number of aliphatic hydroxyl groups is 2. The van der Waals surface area contributed by atoms with Crippen LogP contribution in [0, 0.1) is 46.3 Å². The Kier molecular flexibility index (Phi) is 7.64. The Morgan fingerprint density at radius 2 is 1.87 bits per heavy atom. The van der Waals surface area contributed by atoms with Crippen LogP contribution in [0.3, 0.4) is 0 Å². The van der Waals surface area contributed by atoms with Gasteiger partial charge >= 0.3 is 0 Å². The summed E-state index contributed by atoms with van der Waals surface area (Å²) in [5.41, 5.74) is 1.67. The third-order valence-corrected chi connectivity index (χ3v) is 12.8. The highest BCUT2D eigenvalue weighted by Gasteiger charge is 2.71. The Labute approximate surface area is 239 Å². The molecule has 0 aromatic carbocycles. The fourth-order valence-corrected chi connectivity index (χ4v) is 11.1. The Hall–Kier alpha value is -0.420. The average Bonchev–Trinajstić information content (AvgIpc) is 3.36. The summed E-state index contributed by atoms with van der Waals surface area (Å²) in [5, 5.41) is 25.2. The van der Waals surface area contributed by atoms with E-state index in [0.29, 0.717) is 29.8 Å². The first-order valence-electron chi connectivity index (χ1n) is 16.9. The molecule has 0 aromatic heterocycles. The fourth-order valence-electron chi connectivity index (χ4n) is 11.1. The van der Waals surface area contributed by atoms with Gasteiger partial charge < -0.3 is 20.3 Å². The molecule has 5 aliphatic carbocycles. The lowest BCUT2D eigenvalue weighted by Gasteiger charge is -2.58. The molecule has 6 fully saturated rings. The van der Waals surface area contributed by atoms with Crippen LogP contribution < -0.4 is 5.32 Å². The summed E-state index contributed by atoms with van der Waals surface area (Å²) in [5.74, 6) is 4.40. The summed E-state index contributed by atoms with van der Waals surface area (Å²) < 4.78 is 7.01. The smallest absolute Gasteiger partial charge is 0.0960 e. The van der Waals surface area contributed by atoms with Gasteiger partial charge in [-0.05, 0) is 144 Å². The van der Waals surface area contributed by atoms with Gasteiger partial charge in [-0.2, -0.15) is 0 Å². The molecule has 10 atom stereocenters. The summed E-state index contributed by atoms with van der Waals surface area (Å²) in [4.78, 5) is 0. The summed E-state index contributed by atoms with van der Waals surface area (Å²) in [7, 11) is 0. The predicted octanol–water partition coefficient (Wildman–Crippen LogP) is 7.03. The van der Waals surface area contributed by atoms with Crippen LogP contribution in [-0.2, 0) is 4.74 Å². The second kappa shape index (κ2) is 10.4. The lowest BCUT2D eigenvalue weighted by atomic mass is 9.47.